The quantitative estimate of drug-likeness (QED) is 0.634. The zero-order valence-corrected chi connectivity index (χ0v) is 9.74. The summed E-state index contributed by atoms with van der Waals surface area (Å²) in [6, 6.07) is 4.67. The first kappa shape index (κ1) is 11.8. The van der Waals surface area contributed by atoms with Crippen molar-refractivity contribution in [2.75, 3.05) is 5.75 Å². The molecule has 1 aromatic carbocycles. The number of aliphatic hydroxyl groups excluding tert-OH is 2. The van der Waals surface area contributed by atoms with Crippen LogP contribution in [0.2, 0.25) is 0 Å². The van der Waals surface area contributed by atoms with Crippen molar-refractivity contribution in [1.29, 1.82) is 0 Å². The predicted molar refractivity (Wildman–Crippen MR) is 60.6 cm³/mol. The first-order valence-corrected chi connectivity index (χ1v) is 5.44. The Hall–Kier alpha value is -0.230. The second-order valence-electron chi connectivity index (χ2n) is 2.90. The maximum Gasteiger partial charge on any atom is 0.121 e. The van der Waals surface area contributed by atoms with Gasteiger partial charge < -0.3 is 15.3 Å². The van der Waals surface area contributed by atoms with Gasteiger partial charge in [0, 0.05) is 15.8 Å². The summed E-state index contributed by atoms with van der Waals surface area (Å²) in [5.74, 6) is 0.0918. The number of hydrogen-bond acceptors (Lipinski definition) is 4. The molecular weight excluding hydrogens is 268 g/mol. The van der Waals surface area contributed by atoms with Crippen molar-refractivity contribution >= 4 is 28.6 Å². The number of halogens is 1. The van der Waals surface area contributed by atoms with Crippen LogP contribution in [0, 0.1) is 0 Å². The van der Waals surface area contributed by atoms with Crippen LogP contribution in [0.3, 0.4) is 0 Å². The number of aromatic hydroxyl groups is 1. The number of phenols is 1. The van der Waals surface area contributed by atoms with Crippen molar-refractivity contribution < 1.29 is 15.3 Å². The van der Waals surface area contributed by atoms with Gasteiger partial charge in [-0.05, 0) is 18.2 Å². The molecule has 0 amide bonds. The molecule has 1 aromatic rings. The maximum atomic E-state index is 9.61. The van der Waals surface area contributed by atoms with E-state index in [1.807, 2.05) is 0 Å². The number of aliphatic hydroxyl groups is 2. The molecule has 1 rings (SSSR count). The van der Waals surface area contributed by atoms with Crippen LogP contribution in [0.1, 0.15) is 11.7 Å². The maximum absolute atomic E-state index is 9.61. The largest absolute Gasteiger partial charge is 0.508 e. The van der Waals surface area contributed by atoms with Crippen molar-refractivity contribution in [2.45, 2.75) is 12.2 Å². The summed E-state index contributed by atoms with van der Waals surface area (Å²) in [4.78, 5) is 0. The topological polar surface area (TPSA) is 60.7 Å². The van der Waals surface area contributed by atoms with Crippen LogP contribution in [-0.4, -0.2) is 27.2 Å². The highest BCUT2D eigenvalue weighted by atomic mass is 79.9. The SMILES string of the molecule is Oc1ccc(Br)cc1C(O)C(O)CS. The average molecular weight is 279 g/mol. The number of hydrogen-bond donors (Lipinski definition) is 4. The number of rotatable bonds is 3. The minimum absolute atomic E-state index is 0.0402. The van der Waals surface area contributed by atoms with E-state index in [4.69, 9.17) is 0 Å². The van der Waals surface area contributed by atoms with Gasteiger partial charge in [-0.3, -0.25) is 0 Å². The summed E-state index contributed by atoms with van der Waals surface area (Å²) in [6.45, 7) is 0. The van der Waals surface area contributed by atoms with E-state index in [9.17, 15) is 15.3 Å². The molecule has 0 aromatic heterocycles. The highest BCUT2D eigenvalue weighted by Crippen LogP contribution is 2.29. The van der Waals surface area contributed by atoms with Crippen LogP contribution in [0.4, 0.5) is 0 Å². The van der Waals surface area contributed by atoms with E-state index < -0.39 is 12.2 Å². The summed E-state index contributed by atoms with van der Waals surface area (Å²) < 4.78 is 0.732. The van der Waals surface area contributed by atoms with Crippen LogP contribution in [0.5, 0.6) is 5.75 Å². The third-order valence-electron chi connectivity index (χ3n) is 1.86. The smallest absolute Gasteiger partial charge is 0.121 e. The zero-order chi connectivity index (χ0) is 10.7. The third kappa shape index (κ3) is 2.63. The minimum atomic E-state index is -1.12. The molecule has 0 heterocycles. The molecule has 3 nitrogen and oxygen atoms in total. The third-order valence-corrected chi connectivity index (χ3v) is 2.73. The molecule has 2 atom stereocenters. The normalized spacial score (nSPS) is 15.1. The molecule has 2 unspecified atom stereocenters. The summed E-state index contributed by atoms with van der Waals surface area (Å²) in [5, 5.41) is 28.4. The predicted octanol–water partition coefficient (Wildman–Crippen LogP) is 1.48. The van der Waals surface area contributed by atoms with E-state index in [-0.39, 0.29) is 11.5 Å². The molecule has 0 radical (unpaired) electrons. The molecule has 0 spiro atoms. The molecule has 0 saturated heterocycles. The van der Waals surface area contributed by atoms with Gasteiger partial charge >= 0.3 is 0 Å². The molecular formula is C9H11BrO3S. The molecule has 3 N–H and O–H groups in total. The van der Waals surface area contributed by atoms with Gasteiger partial charge in [-0.1, -0.05) is 15.9 Å². The Morgan fingerprint density at radius 2 is 2.00 bits per heavy atom. The molecule has 5 heteroatoms. The molecule has 0 aliphatic heterocycles. The minimum Gasteiger partial charge on any atom is -0.508 e. The van der Waals surface area contributed by atoms with E-state index in [0.29, 0.717) is 5.56 Å². The van der Waals surface area contributed by atoms with Gasteiger partial charge in [-0.15, -0.1) is 0 Å². The number of phenolic OH excluding ortho intramolecular Hbond substituents is 1. The van der Waals surface area contributed by atoms with E-state index in [1.165, 1.54) is 6.07 Å². The fraction of sp³-hybridized carbons (Fsp3) is 0.333. The first-order chi connectivity index (χ1) is 6.56. The van der Waals surface area contributed by atoms with Gasteiger partial charge in [-0.2, -0.15) is 12.6 Å². The van der Waals surface area contributed by atoms with Crippen molar-refractivity contribution in [2.24, 2.45) is 0 Å². The monoisotopic (exact) mass is 278 g/mol. The Kier molecular flexibility index (Phi) is 4.25. The fourth-order valence-corrected chi connectivity index (χ4v) is 1.65. The van der Waals surface area contributed by atoms with Gasteiger partial charge in [0.2, 0.25) is 0 Å². The molecule has 14 heavy (non-hydrogen) atoms. The van der Waals surface area contributed by atoms with Crippen LogP contribution < -0.4 is 0 Å². The van der Waals surface area contributed by atoms with E-state index in [1.54, 1.807) is 12.1 Å². The van der Waals surface area contributed by atoms with Crippen molar-refractivity contribution in [1.82, 2.24) is 0 Å². The van der Waals surface area contributed by atoms with Gasteiger partial charge in [0.05, 0.1) is 6.10 Å². The molecule has 0 bridgehead atoms. The highest BCUT2D eigenvalue weighted by Gasteiger charge is 2.20. The average Bonchev–Trinajstić information content (AvgIpc) is 2.19. The highest BCUT2D eigenvalue weighted by molar-refractivity contribution is 9.10. The summed E-state index contributed by atoms with van der Waals surface area (Å²) >= 11 is 7.07. The van der Waals surface area contributed by atoms with E-state index in [0.717, 1.165) is 4.47 Å². The molecule has 0 fully saturated rings. The van der Waals surface area contributed by atoms with Crippen LogP contribution in [-0.2, 0) is 0 Å². The Balaban J connectivity index is 2.99. The number of benzene rings is 1. The van der Waals surface area contributed by atoms with Gasteiger partial charge in [-0.25, -0.2) is 0 Å². The first-order valence-electron chi connectivity index (χ1n) is 4.01. The van der Waals surface area contributed by atoms with Crippen LogP contribution in [0.25, 0.3) is 0 Å². The van der Waals surface area contributed by atoms with E-state index >= 15 is 0 Å². The Bertz CT molecular complexity index is 319. The second kappa shape index (κ2) is 5.02. The van der Waals surface area contributed by atoms with E-state index in [2.05, 4.69) is 28.6 Å². The summed E-state index contributed by atoms with van der Waals surface area (Å²) in [6.07, 6.45) is -2.11. The fourth-order valence-electron chi connectivity index (χ4n) is 1.07. The second-order valence-corrected chi connectivity index (χ2v) is 4.18. The zero-order valence-electron chi connectivity index (χ0n) is 7.26. The van der Waals surface area contributed by atoms with Crippen molar-refractivity contribution in [3.8, 4) is 5.75 Å². The Morgan fingerprint density at radius 3 is 2.57 bits per heavy atom. The van der Waals surface area contributed by atoms with Crippen molar-refractivity contribution in [3.63, 3.8) is 0 Å². The van der Waals surface area contributed by atoms with Gasteiger partial charge in [0.25, 0.3) is 0 Å². The standard InChI is InChI=1S/C9H11BrO3S/c10-5-1-2-7(11)6(3-5)9(13)8(12)4-14/h1-3,8-9,11-14H,4H2. The molecule has 78 valence electrons. The summed E-state index contributed by atoms with van der Waals surface area (Å²) in [5.41, 5.74) is 0.293. The van der Waals surface area contributed by atoms with Crippen LogP contribution in [0.15, 0.2) is 22.7 Å². The van der Waals surface area contributed by atoms with Gasteiger partial charge in [0.15, 0.2) is 0 Å². The lowest BCUT2D eigenvalue weighted by atomic mass is 10.0. The molecule has 0 aliphatic rings. The molecule has 0 saturated carbocycles. The summed E-state index contributed by atoms with van der Waals surface area (Å²) in [7, 11) is 0. The Labute approximate surface area is 95.9 Å². The lowest BCUT2D eigenvalue weighted by molar-refractivity contribution is 0.0322. The van der Waals surface area contributed by atoms with Crippen LogP contribution >= 0.6 is 28.6 Å². The lowest BCUT2D eigenvalue weighted by Crippen LogP contribution is -2.19. The molecule has 0 aliphatic carbocycles. The van der Waals surface area contributed by atoms with Crippen molar-refractivity contribution in [3.05, 3.63) is 28.2 Å². The van der Waals surface area contributed by atoms with Gasteiger partial charge in [0.1, 0.15) is 11.9 Å². The lowest BCUT2D eigenvalue weighted by Gasteiger charge is -2.17. The number of thiol groups is 1. The Morgan fingerprint density at radius 1 is 1.36 bits per heavy atom.